The molecule has 1 saturated carbocycles. The van der Waals surface area contributed by atoms with Crippen LogP contribution in [0.4, 0.5) is 8.78 Å². The van der Waals surface area contributed by atoms with Gasteiger partial charge in [-0.3, -0.25) is 9.48 Å². The summed E-state index contributed by atoms with van der Waals surface area (Å²) in [6, 6.07) is 6.49. The minimum atomic E-state index is -2.77. The van der Waals surface area contributed by atoms with Crippen molar-refractivity contribution in [3.8, 4) is 0 Å². The first-order valence-electron chi connectivity index (χ1n) is 10.1. The van der Waals surface area contributed by atoms with Crippen LogP contribution in [-0.4, -0.2) is 15.7 Å². The Bertz CT molecular complexity index is 907. The molecule has 0 spiro atoms. The van der Waals surface area contributed by atoms with Crippen molar-refractivity contribution in [3.05, 3.63) is 52.3 Å². The summed E-state index contributed by atoms with van der Waals surface area (Å²) in [6.45, 7) is 4.23. The first-order chi connectivity index (χ1) is 13.4. The Labute approximate surface area is 164 Å². The number of alkyl halides is 2. The SMILES string of the molecule is CCCCC1C2CCC1(NC(=O)c1cn(C)nc1C(F)F)c1cc(C)ccc12. The number of fused-ring (bicyclic) bond motifs is 5. The molecule has 3 atom stereocenters. The number of hydrogen-bond acceptors (Lipinski definition) is 2. The number of carbonyl (C=O) groups is 1. The van der Waals surface area contributed by atoms with Crippen LogP contribution in [0.2, 0.25) is 0 Å². The van der Waals surface area contributed by atoms with Gasteiger partial charge in [0.05, 0.1) is 11.1 Å². The number of benzene rings is 1. The third-order valence-corrected chi connectivity index (χ3v) is 6.57. The highest BCUT2D eigenvalue weighted by Crippen LogP contribution is 2.61. The Morgan fingerprint density at radius 2 is 2.21 bits per heavy atom. The van der Waals surface area contributed by atoms with Gasteiger partial charge in [-0.25, -0.2) is 8.78 Å². The predicted molar refractivity (Wildman–Crippen MR) is 103 cm³/mol. The van der Waals surface area contributed by atoms with E-state index in [-0.39, 0.29) is 5.56 Å². The Hall–Kier alpha value is -2.24. The van der Waals surface area contributed by atoms with Crippen LogP contribution < -0.4 is 5.32 Å². The van der Waals surface area contributed by atoms with Crippen molar-refractivity contribution in [1.82, 2.24) is 15.1 Å². The molecule has 1 aromatic heterocycles. The van der Waals surface area contributed by atoms with E-state index < -0.39 is 23.6 Å². The summed E-state index contributed by atoms with van der Waals surface area (Å²) in [6.07, 6.45) is 3.74. The number of rotatable bonds is 6. The van der Waals surface area contributed by atoms with E-state index in [4.69, 9.17) is 0 Å². The molecule has 2 aliphatic rings. The zero-order valence-electron chi connectivity index (χ0n) is 16.6. The summed E-state index contributed by atoms with van der Waals surface area (Å²) < 4.78 is 28.0. The molecule has 1 fully saturated rings. The molecule has 1 heterocycles. The maximum Gasteiger partial charge on any atom is 0.282 e. The van der Waals surface area contributed by atoms with Crippen LogP contribution in [0.15, 0.2) is 24.4 Å². The summed E-state index contributed by atoms with van der Waals surface area (Å²) in [7, 11) is 1.56. The van der Waals surface area contributed by atoms with E-state index in [2.05, 4.69) is 42.5 Å². The number of unbranched alkanes of at least 4 members (excludes halogenated alkanes) is 1. The molecule has 1 amide bonds. The van der Waals surface area contributed by atoms with E-state index >= 15 is 0 Å². The van der Waals surface area contributed by atoms with Crippen molar-refractivity contribution in [3.63, 3.8) is 0 Å². The summed E-state index contributed by atoms with van der Waals surface area (Å²) >= 11 is 0. The van der Waals surface area contributed by atoms with E-state index in [0.29, 0.717) is 11.8 Å². The maximum atomic E-state index is 13.4. The largest absolute Gasteiger partial charge is 0.342 e. The topological polar surface area (TPSA) is 46.9 Å². The van der Waals surface area contributed by atoms with Crippen molar-refractivity contribution >= 4 is 5.91 Å². The van der Waals surface area contributed by atoms with Gasteiger partial charge in [-0.15, -0.1) is 0 Å². The fourth-order valence-corrected chi connectivity index (χ4v) is 5.41. The van der Waals surface area contributed by atoms with Gasteiger partial charge in [0.1, 0.15) is 5.69 Å². The van der Waals surface area contributed by atoms with Gasteiger partial charge < -0.3 is 5.32 Å². The third kappa shape index (κ3) is 2.85. The number of nitrogens with zero attached hydrogens (tertiary/aromatic N) is 2. The molecule has 2 aliphatic carbocycles. The van der Waals surface area contributed by atoms with Gasteiger partial charge in [-0.05, 0) is 49.1 Å². The highest BCUT2D eigenvalue weighted by molar-refractivity contribution is 5.96. The van der Waals surface area contributed by atoms with E-state index in [0.717, 1.165) is 37.7 Å². The highest BCUT2D eigenvalue weighted by atomic mass is 19.3. The number of aryl methyl sites for hydroxylation is 2. The zero-order chi connectivity index (χ0) is 20.1. The lowest BCUT2D eigenvalue weighted by molar-refractivity contribution is 0.0855. The third-order valence-electron chi connectivity index (χ3n) is 6.57. The Balaban J connectivity index is 1.74. The average molecular weight is 387 g/mol. The predicted octanol–water partition coefficient (Wildman–Crippen LogP) is 4.99. The molecule has 0 aliphatic heterocycles. The molecule has 150 valence electrons. The number of carbonyl (C=O) groups excluding carboxylic acids is 1. The summed E-state index contributed by atoms with van der Waals surface area (Å²) in [5, 5.41) is 7.02. The van der Waals surface area contributed by atoms with Crippen LogP contribution in [0.25, 0.3) is 0 Å². The Kier molecular flexibility index (Phi) is 4.76. The average Bonchev–Trinajstić information content (AvgIpc) is 3.28. The second kappa shape index (κ2) is 6.98. The van der Waals surface area contributed by atoms with Crippen molar-refractivity contribution in [2.45, 2.75) is 63.8 Å². The number of halogens is 2. The molecule has 0 radical (unpaired) electrons. The second-order valence-corrected chi connectivity index (χ2v) is 8.31. The fraction of sp³-hybridized carbons (Fsp3) is 0.545. The molecular formula is C22H27F2N3O. The number of hydrogen-bond donors (Lipinski definition) is 1. The molecule has 2 aromatic rings. The number of aromatic nitrogens is 2. The van der Waals surface area contributed by atoms with Crippen LogP contribution >= 0.6 is 0 Å². The lowest BCUT2D eigenvalue weighted by atomic mass is 9.81. The molecular weight excluding hydrogens is 360 g/mol. The molecule has 1 aromatic carbocycles. The van der Waals surface area contributed by atoms with Crippen LogP contribution in [0.3, 0.4) is 0 Å². The zero-order valence-corrected chi connectivity index (χ0v) is 16.6. The van der Waals surface area contributed by atoms with Crippen LogP contribution in [0.5, 0.6) is 0 Å². The molecule has 4 nitrogen and oxygen atoms in total. The minimum absolute atomic E-state index is 0.0225. The van der Waals surface area contributed by atoms with Crippen molar-refractivity contribution in [1.29, 1.82) is 0 Å². The van der Waals surface area contributed by atoms with Crippen LogP contribution in [0, 0.1) is 12.8 Å². The Morgan fingerprint density at radius 1 is 1.43 bits per heavy atom. The first-order valence-corrected chi connectivity index (χ1v) is 10.1. The smallest absolute Gasteiger partial charge is 0.282 e. The van der Waals surface area contributed by atoms with E-state index in [1.165, 1.54) is 22.0 Å². The summed E-state index contributed by atoms with van der Waals surface area (Å²) in [5.74, 6) is 0.311. The van der Waals surface area contributed by atoms with Crippen molar-refractivity contribution in [2.75, 3.05) is 0 Å². The van der Waals surface area contributed by atoms with Gasteiger partial charge in [0.2, 0.25) is 0 Å². The quantitative estimate of drug-likeness (QED) is 0.759. The molecule has 4 rings (SSSR count). The fourth-order valence-electron chi connectivity index (χ4n) is 5.41. The molecule has 3 unspecified atom stereocenters. The van der Waals surface area contributed by atoms with Crippen LogP contribution in [-0.2, 0) is 12.6 Å². The Morgan fingerprint density at radius 3 is 2.93 bits per heavy atom. The monoisotopic (exact) mass is 387 g/mol. The van der Waals surface area contributed by atoms with Gasteiger partial charge in [-0.2, -0.15) is 5.10 Å². The van der Waals surface area contributed by atoms with Crippen molar-refractivity contribution in [2.24, 2.45) is 13.0 Å². The van der Waals surface area contributed by atoms with E-state index in [1.54, 1.807) is 7.05 Å². The van der Waals surface area contributed by atoms with Gasteiger partial charge >= 0.3 is 0 Å². The standard InChI is InChI=1S/C22H27F2N3O/c1-4-5-6-17-15-9-10-22(17,18-11-13(2)7-8-14(15)18)25-21(28)16-12-27(3)26-19(16)20(23)24/h7-8,11-12,15,17,20H,4-6,9-10H2,1-3H3,(H,25,28). The molecule has 2 bridgehead atoms. The molecule has 28 heavy (non-hydrogen) atoms. The van der Waals surface area contributed by atoms with E-state index in [1.807, 2.05) is 0 Å². The summed E-state index contributed by atoms with van der Waals surface area (Å²) in [5.41, 5.74) is 2.72. The summed E-state index contributed by atoms with van der Waals surface area (Å²) in [4.78, 5) is 13.1. The normalized spacial score (nSPS) is 25.4. The maximum absolute atomic E-state index is 13.4. The van der Waals surface area contributed by atoms with Crippen LogP contribution in [0.1, 0.15) is 84.1 Å². The van der Waals surface area contributed by atoms with Gasteiger partial charge in [0, 0.05) is 13.2 Å². The molecule has 0 saturated heterocycles. The minimum Gasteiger partial charge on any atom is -0.342 e. The lowest BCUT2D eigenvalue weighted by Crippen LogP contribution is -2.47. The van der Waals surface area contributed by atoms with Gasteiger partial charge in [-0.1, -0.05) is 43.5 Å². The van der Waals surface area contributed by atoms with Gasteiger partial charge in [0.15, 0.2) is 0 Å². The van der Waals surface area contributed by atoms with E-state index in [9.17, 15) is 13.6 Å². The van der Waals surface area contributed by atoms with Crippen molar-refractivity contribution < 1.29 is 13.6 Å². The lowest BCUT2D eigenvalue weighted by Gasteiger charge is -2.35. The molecule has 1 N–H and O–H groups in total. The molecule has 6 heteroatoms. The number of amides is 1. The highest BCUT2D eigenvalue weighted by Gasteiger charge is 2.57. The number of nitrogens with one attached hydrogen (secondary N) is 1. The second-order valence-electron chi connectivity index (χ2n) is 8.31. The first kappa shape index (κ1) is 19.1. The van der Waals surface area contributed by atoms with Gasteiger partial charge in [0.25, 0.3) is 12.3 Å².